The third kappa shape index (κ3) is 7.29. The second-order valence-electron chi connectivity index (χ2n) is 5.70. The first-order chi connectivity index (χ1) is 14.0. The SMILES string of the molecule is CC.CC=O.CN[C@@H](C)/C=C/c1ccc(Oc2ccc3sc(C)nc3c2O)nc1. The lowest BCUT2D eigenvalue weighted by atomic mass is 10.2. The molecule has 0 aliphatic rings. The number of aldehydes is 1. The van der Waals surface area contributed by atoms with Crippen molar-refractivity contribution in [3.8, 4) is 17.4 Å². The molecule has 0 spiro atoms. The highest BCUT2D eigenvalue weighted by atomic mass is 32.1. The number of phenols is 1. The largest absolute Gasteiger partial charge is 0.503 e. The van der Waals surface area contributed by atoms with E-state index in [1.54, 1.807) is 18.3 Å². The number of hydrogen-bond acceptors (Lipinski definition) is 7. The van der Waals surface area contributed by atoms with Crippen molar-refractivity contribution >= 4 is 33.9 Å². The molecule has 0 radical (unpaired) electrons. The summed E-state index contributed by atoms with van der Waals surface area (Å²) in [6.07, 6.45) is 6.54. The maximum Gasteiger partial charge on any atom is 0.219 e. The monoisotopic (exact) mass is 415 g/mol. The standard InChI is InChI=1S/C18H19N3O2S.C2H4O.C2H6/c1-11(19-3)4-5-13-6-9-16(20-10-13)23-14-7-8-15-17(18(14)22)21-12(2)24-15;1-2-3;1-2/h4-11,19,22H,1-3H3;2H,1H3;1-2H3/b5-4+;;/t11-;;/m0../s1. The molecule has 2 N–H and O–H groups in total. The lowest BCUT2D eigenvalue weighted by molar-refractivity contribution is -0.106. The van der Waals surface area contributed by atoms with E-state index in [1.807, 2.05) is 46.0 Å². The highest BCUT2D eigenvalue weighted by molar-refractivity contribution is 7.18. The quantitative estimate of drug-likeness (QED) is 0.547. The van der Waals surface area contributed by atoms with E-state index < -0.39 is 0 Å². The summed E-state index contributed by atoms with van der Waals surface area (Å²) in [5.74, 6) is 0.827. The Morgan fingerprint density at radius 2 is 1.93 bits per heavy atom. The van der Waals surface area contributed by atoms with E-state index in [2.05, 4.69) is 28.3 Å². The zero-order valence-corrected chi connectivity index (χ0v) is 18.6. The van der Waals surface area contributed by atoms with Crippen LogP contribution in [-0.4, -0.2) is 34.5 Å². The summed E-state index contributed by atoms with van der Waals surface area (Å²) < 4.78 is 6.63. The van der Waals surface area contributed by atoms with Crippen molar-refractivity contribution in [3.63, 3.8) is 0 Å². The molecule has 1 aromatic carbocycles. The molecular weight excluding hydrogens is 386 g/mol. The van der Waals surface area contributed by atoms with Crippen LogP contribution in [0.15, 0.2) is 36.5 Å². The molecule has 2 heterocycles. The molecule has 0 saturated carbocycles. The van der Waals surface area contributed by atoms with Crippen LogP contribution in [-0.2, 0) is 4.79 Å². The average molecular weight is 416 g/mol. The zero-order valence-electron chi connectivity index (χ0n) is 17.8. The van der Waals surface area contributed by atoms with E-state index in [4.69, 9.17) is 9.53 Å². The van der Waals surface area contributed by atoms with Crippen LogP contribution in [0.3, 0.4) is 0 Å². The first-order valence-corrected chi connectivity index (χ1v) is 10.3. The number of thiazole rings is 1. The summed E-state index contributed by atoms with van der Waals surface area (Å²) in [6.45, 7) is 9.42. The smallest absolute Gasteiger partial charge is 0.219 e. The topological polar surface area (TPSA) is 84.3 Å². The number of benzene rings is 1. The molecule has 156 valence electrons. The molecule has 1 atom stereocenters. The number of likely N-dealkylation sites (N-methyl/N-ethyl adjacent to an activating group) is 1. The van der Waals surface area contributed by atoms with Crippen LogP contribution in [0.2, 0.25) is 0 Å². The molecule has 0 fully saturated rings. The van der Waals surface area contributed by atoms with Gasteiger partial charge in [-0.25, -0.2) is 9.97 Å². The molecule has 0 aliphatic carbocycles. The van der Waals surface area contributed by atoms with Crippen LogP contribution in [0.4, 0.5) is 0 Å². The van der Waals surface area contributed by atoms with Gasteiger partial charge in [-0.1, -0.05) is 26.0 Å². The Labute approximate surface area is 176 Å². The number of aromatic hydroxyl groups is 1. The average Bonchev–Trinajstić information content (AvgIpc) is 3.12. The fourth-order valence-corrected chi connectivity index (χ4v) is 3.00. The van der Waals surface area contributed by atoms with Gasteiger partial charge in [0.05, 0.1) is 9.71 Å². The highest BCUT2D eigenvalue weighted by Crippen LogP contribution is 2.38. The van der Waals surface area contributed by atoms with E-state index in [-0.39, 0.29) is 5.75 Å². The third-order valence-corrected chi connectivity index (χ3v) is 4.55. The maximum atomic E-state index is 10.3. The minimum Gasteiger partial charge on any atom is -0.503 e. The molecule has 0 unspecified atom stereocenters. The van der Waals surface area contributed by atoms with Crippen molar-refractivity contribution in [3.05, 3.63) is 47.1 Å². The minimum absolute atomic E-state index is 0.0467. The molecule has 0 bridgehead atoms. The fraction of sp³-hybridized carbons (Fsp3) is 0.318. The number of hydrogen-bond donors (Lipinski definition) is 2. The number of fused-ring (bicyclic) bond motifs is 1. The Morgan fingerprint density at radius 3 is 2.52 bits per heavy atom. The third-order valence-electron chi connectivity index (χ3n) is 3.61. The number of nitrogens with zero attached hydrogens (tertiary/aromatic N) is 2. The number of nitrogens with one attached hydrogen (secondary N) is 1. The van der Waals surface area contributed by atoms with Gasteiger partial charge in [-0.2, -0.15) is 0 Å². The maximum absolute atomic E-state index is 10.3. The Morgan fingerprint density at radius 1 is 1.24 bits per heavy atom. The van der Waals surface area contributed by atoms with Gasteiger partial charge in [0.15, 0.2) is 11.5 Å². The first kappa shape index (κ1) is 24.3. The Hall–Kier alpha value is -2.77. The second-order valence-corrected chi connectivity index (χ2v) is 6.93. The normalized spacial score (nSPS) is 11.2. The van der Waals surface area contributed by atoms with E-state index >= 15 is 0 Å². The molecule has 0 saturated heterocycles. The summed E-state index contributed by atoms with van der Waals surface area (Å²) >= 11 is 1.54. The van der Waals surface area contributed by atoms with E-state index in [0.29, 0.717) is 23.2 Å². The number of rotatable bonds is 5. The lowest BCUT2D eigenvalue weighted by Crippen LogP contribution is -2.17. The summed E-state index contributed by atoms with van der Waals surface area (Å²) in [6, 6.07) is 7.62. The molecule has 6 nitrogen and oxygen atoms in total. The van der Waals surface area contributed by atoms with Gasteiger partial charge in [0.2, 0.25) is 5.88 Å². The van der Waals surface area contributed by atoms with Gasteiger partial charge in [0, 0.05) is 18.3 Å². The number of carbonyl (C=O) groups excluding carboxylic acids is 1. The van der Waals surface area contributed by atoms with Crippen molar-refractivity contribution < 1.29 is 14.6 Å². The van der Waals surface area contributed by atoms with E-state index in [1.165, 1.54) is 18.3 Å². The molecular formula is C22H29N3O3S. The molecule has 3 aromatic rings. The Balaban J connectivity index is 0.000000771. The van der Waals surface area contributed by atoms with Crippen LogP contribution in [0.25, 0.3) is 16.3 Å². The molecule has 3 rings (SSSR count). The zero-order chi connectivity index (χ0) is 21.8. The van der Waals surface area contributed by atoms with Crippen LogP contribution < -0.4 is 10.1 Å². The van der Waals surface area contributed by atoms with Crippen LogP contribution in [0.1, 0.15) is 38.3 Å². The minimum atomic E-state index is 0.0467. The van der Waals surface area contributed by atoms with Crippen LogP contribution >= 0.6 is 11.3 Å². The van der Waals surface area contributed by atoms with Crippen molar-refractivity contribution in [2.24, 2.45) is 0 Å². The lowest BCUT2D eigenvalue weighted by Gasteiger charge is -2.07. The van der Waals surface area contributed by atoms with Gasteiger partial charge < -0.3 is 20.0 Å². The van der Waals surface area contributed by atoms with Crippen LogP contribution in [0.5, 0.6) is 17.4 Å². The Bertz CT molecular complexity index is 921. The second kappa shape index (κ2) is 12.6. The van der Waals surface area contributed by atoms with Gasteiger partial charge in [-0.3, -0.25) is 0 Å². The summed E-state index contributed by atoms with van der Waals surface area (Å²) in [4.78, 5) is 17.4. The summed E-state index contributed by atoms with van der Waals surface area (Å²) in [5.41, 5.74) is 1.55. The van der Waals surface area contributed by atoms with Crippen molar-refractivity contribution in [1.82, 2.24) is 15.3 Å². The number of aryl methyl sites for hydroxylation is 1. The Kier molecular flexibility index (Phi) is 10.6. The van der Waals surface area contributed by atoms with Gasteiger partial charge in [0.1, 0.15) is 11.8 Å². The molecule has 7 heteroatoms. The van der Waals surface area contributed by atoms with Crippen molar-refractivity contribution in [2.45, 2.75) is 40.7 Å². The predicted molar refractivity (Wildman–Crippen MR) is 121 cm³/mol. The van der Waals surface area contributed by atoms with Crippen molar-refractivity contribution in [2.75, 3.05) is 7.05 Å². The van der Waals surface area contributed by atoms with E-state index in [9.17, 15) is 5.11 Å². The fourth-order valence-electron chi connectivity index (χ4n) is 2.17. The van der Waals surface area contributed by atoms with Crippen LogP contribution in [0, 0.1) is 6.92 Å². The number of ether oxygens (including phenoxy) is 1. The van der Waals surface area contributed by atoms with E-state index in [0.717, 1.165) is 21.6 Å². The predicted octanol–water partition coefficient (Wildman–Crippen LogP) is 5.35. The molecule has 0 aliphatic heterocycles. The summed E-state index contributed by atoms with van der Waals surface area (Å²) in [5, 5.41) is 14.4. The molecule has 29 heavy (non-hydrogen) atoms. The van der Waals surface area contributed by atoms with Gasteiger partial charge in [0.25, 0.3) is 0 Å². The highest BCUT2D eigenvalue weighted by Gasteiger charge is 2.12. The number of aromatic nitrogens is 2. The number of pyridine rings is 1. The summed E-state index contributed by atoms with van der Waals surface area (Å²) in [7, 11) is 1.91. The molecule has 2 aromatic heterocycles. The van der Waals surface area contributed by atoms with Gasteiger partial charge in [-0.15, -0.1) is 11.3 Å². The van der Waals surface area contributed by atoms with Crippen molar-refractivity contribution in [1.29, 1.82) is 0 Å². The number of carbonyl (C=O) groups is 1. The van der Waals surface area contributed by atoms with Gasteiger partial charge >= 0.3 is 0 Å². The van der Waals surface area contributed by atoms with Gasteiger partial charge in [-0.05, 0) is 51.6 Å². The number of phenolic OH excluding ortho intramolecular Hbond substituents is 1. The molecule has 0 amide bonds. The first-order valence-electron chi connectivity index (χ1n) is 9.46.